The number of halogens is 2. The molecule has 2 aromatic rings. The van der Waals surface area contributed by atoms with Gasteiger partial charge in [0.05, 0.1) is 29.5 Å². The molecule has 8 heteroatoms. The summed E-state index contributed by atoms with van der Waals surface area (Å²) in [5.74, 6) is -0.381. The summed E-state index contributed by atoms with van der Waals surface area (Å²) in [5, 5.41) is 3.57. The van der Waals surface area contributed by atoms with Gasteiger partial charge in [0, 0.05) is 5.02 Å². The fourth-order valence-electron chi connectivity index (χ4n) is 2.56. The van der Waals surface area contributed by atoms with Crippen molar-refractivity contribution in [3.63, 3.8) is 0 Å². The first-order valence-corrected chi connectivity index (χ1v) is 8.24. The molecule has 0 spiro atoms. The van der Waals surface area contributed by atoms with Crippen molar-refractivity contribution >= 4 is 46.4 Å². The zero-order valence-corrected chi connectivity index (χ0v) is 14.6. The van der Waals surface area contributed by atoms with Gasteiger partial charge in [-0.05, 0) is 30.3 Å². The van der Waals surface area contributed by atoms with Crippen LogP contribution >= 0.6 is 23.2 Å². The number of nitrogens with zero attached hydrogens (tertiary/aromatic N) is 1. The van der Waals surface area contributed by atoms with E-state index >= 15 is 0 Å². The molecule has 0 saturated carbocycles. The van der Waals surface area contributed by atoms with Crippen LogP contribution in [0.4, 0.5) is 11.4 Å². The van der Waals surface area contributed by atoms with Crippen molar-refractivity contribution in [1.29, 1.82) is 0 Å². The van der Waals surface area contributed by atoms with Crippen LogP contribution in [0, 0.1) is 0 Å². The third-order valence-electron chi connectivity index (χ3n) is 3.72. The molecule has 0 bridgehead atoms. The van der Waals surface area contributed by atoms with Crippen molar-refractivity contribution in [2.45, 2.75) is 6.10 Å². The summed E-state index contributed by atoms with van der Waals surface area (Å²) in [5.41, 5.74) is 6.49. The predicted octanol–water partition coefficient (Wildman–Crippen LogP) is 2.68. The summed E-state index contributed by atoms with van der Waals surface area (Å²) in [4.78, 5) is 25.7. The first kappa shape index (κ1) is 17.4. The number of hydrogen-bond acceptors (Lipinski definition) is 4. The van der Waals surface area contributed by atoms with E-state index in [1.165, 1.54) is 0 Å². The summed E-state index contributed by atoms with van der Waals surface area (Å²) in [6.45, 7) is 0.191. The molecule has 3 rings (SSSR count). The summed E-state index contributed by atoms with van der Waals surface area (Å²) in [6, 6.07) is 12.0. The minimum absolute atomic E-state index is 0.00694. The van der Waals surface area contributed by atoms with Gasteiger partial charge in [-0.25, -0.2) is 0 Å². The summed E-state index contributed by atoms with van der Waals surface area (Å²) < 4.78 is 5.57. The number of hydrogen-bond donors (Lipinski definition) is 2. The highest BCUT2D eigenvalue weighted by atomic mass is 35.5. The second-order valence-electron chi connectivity index (χ2n) is 5.53. The maximum Gasteiger partial charge on any atom is 0.260 e. The quantitative estimate of drug-likeness (QED) is 0.854. The number of para-hydroxylation sites is 2. The number of rotatable bonds is 4. The lowest BCUT2D eigenvalue weighted by Crippen LogP contribution is -2.49. The van der Waals surface area contributed by atoms with Gasteiger partial charge >= 0.3 is 0 Å². The Balaban J connectivity index is 1.78. The van der Waals surface area contributed by atoms with Crippen LogP contribution in [-0.2, 0) is 9.59 Å². The maximum atomic E-state index is 12.4. The highest BCUT2D eigenvalue weighted by Gasteiger charge is 2.30. The third-order valence-corrected chi connectivity index (χ3v) is 4.28. The number of benzene rings is 2. The van der Waals surface area contributed by atoms with Crippen molar-refractivity contribution in [1.82, 2.24) is 0 Å². The van der Waals surface area contributed by atoms with Crippen LogP contribution in [0.15, 0.2) is 42.5 Å². The molecule has 6 nitrogen and oxygen atoms in total. The van der Waals surface area contributed by atoms with Crippen LogP contribution in [0.1, 0.15) is 0 Å². The minimum Gasteiger partial charge on any atom is -0.477 e. The average Bonchev–Trinajstić information content (AvgIpc) is 2.58. The minimum atomic E-state index is -0.822. The van der Waals surface area contributed by atoms with Crippen LogP contribution in [0.2, 0.25) is 10.0 Å². The predicted molar refractivity (Wildman–Crippen MR) is 97.4 cm³/mol. The molecule has 1 aliphatic rings. The molecule has 2 amide bonds. The molecule has 3 N–H and O–H groups in total. The molecule has 1 heterocycles. The Morgan fingerprint density at radius 2 is 2.00 bits per heavy atom. The van der Waals surface area contributed by atoms with Crippen LogP contribution in [-0.4, -0.2) is 31.0 Å². The number of anilines is 2. The number of nitrogens with one attached hydrogen (secondary N) is 1. The van der Waals surface area contributed by atoms with Gasteiger partial charge < -0.3 is 20.7 Å². The number of amides is 2. The highest BCUT2D eigenvalue weighted by Crippen LogP contribution is 2.33. The highest BCUT2D eigenvalue weighted by molar-refractivity contribution is 6.35. The van der Waals surface area contributed by atoms with Crippen LogP contribution in [0.25, 0.3) is 0 Å². The van der Waals surface area contributed by atoms with Gasteiger partial charge in [-0.3, -0.25) is 9.59 Å². The lowest BCUT2D eigenvalue weighted by Gasteiger charge is -2.34. The number of carbonyl (C=O) groups excluding carboxylic acids is 2. The number of fused-ring (bicyclic) bond motifs is 1. The van der Waals surface area contributed by atoms with E-state index in [9.17, 15) is 9.59 Å². The van der Waals surface area contributed by atoms with E-state index in [0.29, 0.717) is 27.2 Å². The van der Waals surface area contributed by atoms with E-state index in [1.807, 2.05) is 12.1 Å². The SMILES string of the molecule is NC(=O)[C@H]1CN(CC(=O)Nc2cc(Cl)ccc2Cl)c2ccccc2O1. The maximum absolute atomic E-state index is 12.4. The first-order chi connectivity index (χ1) is 11.9. The normalized spacial score (nSPS) is 15.9. The smallest absolute Gasteiger partial charge is 0.260 e. The summed E-state index contributed by atoms with van der Waals surface area (Å²) in [6.07, 6.45) is -0.822. The van der Waals surface area contributed by atoms with E-state index in [0.717, 1.165) is 0 Å². The summed E-state index contributed by atoms with van der Waals surface area (Å²) >= 11 is 12.0. The lowest BCUT2D eigenvalue weighted by molar-refractivity contribution is -0.125. The molecule has 1 atom stereocenters. The molecule has 0 radical (unpaired) electrons. The Labute approximate surface area is 154 Å². The van der Waals surface area contributed by atoms with E-state index < -0.39 is 12.0 Å². The van der Waals surface area contributed by atoms with E-state index in [4.69, 9.17) is 33.7 Å². The summed E-state index contributed by atoms with van der Waals surface area (Å²) in [7, 11) is 0. The van der Waals surface area contributed by atoms with E-state index in [1.54, 1.807) is 35.2 Å². The van der Waals surface area contributed by atoms with Gasteiger partial charge in [-0.15, -0.1) is 0 Å². The monoisotopic (exact) mass is 379 g/mol. The second kappa shape index (κ2) is 7.21. The average molecular weight is 380 g/mol. The van der Waals surface area contributed by atoms with Gasteiger partial charge in [0.1, 0.15) is 5.75 Å². The van der Waals surface area contributed by atoms with Crippen LogP contribution in [0.5, 0.6) is 5.75 Å². The Kier molecular flexibility index (Phi) is 5.01. The molecule has 0 aliphatic carbocycles. The Morgan fingerprint density at radius 3 is 2.76 bits per heavy atom. The Hall–Kier alpha value is -2.44. The molecule has 25 heavy (non-hydrogen) atoms. The fourth-order valence-corrected chi connectivity index (χ4v) is 2.90. The number of nitrogens with two attached hydrogens (primary N) is 1. The number of carbonyl (C=O) groups is 2. The molecule has 0 unspecified atom stereocenters. The number of primary amides is 1. The zero-order valence-electron chi connectivity index (χ0n) is 13.0. The van der Waals surface area contributed by atoms with Crippen molar-refractivity contribution in [3.8, 4) is 5.75 Å². The van der Waals surface area contributed by atoms with Gasteiger partial charge in [-0.1, -0.05) is 35.3 Å². The van der Waals surface area contributed by atoms with Gasteiger partial charge in [-0.2, -0.15) is 0 Å². The van der Waals surface area contributed by atoms with Crippen molar-refractivity contribution in [2.24, 2.45) is 5.73 Å². The number of ether oxygens (including phenoxy) is 1. The Bertz CT molecular complexity index is 829. The van der Waals surface area contributed by atoms with Crippen molar-refractivity contribution in [2.75, 3.05) is 23.3 Å². The van der Waals surface area contributed by atoms with Crippen LogP contribution < -0.4 is 20.7 Å². The molecule has 130 valence electrons. The molecule has 0 aromatic heterocycles. The van der Waals surface area contributed by atoms with Gasteiger partial charge in [0.2, 0.25) is 5.91 Å². The largest absolute Gasteiger partial charge is 0.477 e. The molecule has 0 fully saturated rings. The van der Waals surface area contributed by atoms with Crippen molar-refractivity contribution in [3.05, 3.63) is 52.5 Å². The van der Waals surface area contributed by atoms with Crippen LogP contribution in [0.3, 0.4) is 0 Å². The molecular weight excluding hydrogens is 365 g/mol. The standard InChI is InChI=1S/C17H15Cl2N3O3/c18-10-5-6-11(19)12(7-10)21-16(23)9-22-8-15(17(20)24)25-14-4-2-1-3-13(14)22/h1-7,15H,8-9H2,(H2,20,24)(H,21,23)/t15-/m1/s1. The second-order valence-corrected chi connectivity index (χ2v) is 6.37. The molecular formula is C17H15Cl2N3O3. The van der Waals surface area contributed by atoms with Crippen molar-refractivity contribution < 1.29 is 14.3 Å². The molecule has 2 aromatic carbocycles. The topological polar surface area (TPSA) is 84.7 Å². The third kappa shape index (κ3) is 3.97. The van der Waals surface area contributed by atoms with E-state index in [2.05, 4.69) is 5.32 Å². The Morgan fingerprint density at radius 1 is 1.24 bits per heavy atom. The fraction of sp³-hybridized carbons (Fsp3) is 0.176. The van der Waals surface area contributed by atoms with Gasteiger partial charge in [0.25, 0.3) is 5.91 Å². The molecule has 0 saturated heterocycles. The van der Waals surface area contributed by atoms with E-state index in [-0.39, 0.29) is 19.0 Å². The lowest BCUT2D eigenvalue weighted by atomic mass is 10.1. The zero-order chi connectivity index (χ0) is 18.0. The van der Waals surface area contributed by atoms with Gasteiger partial charge in [0.15, 0.2) is 6.10 Å². The molecule has 1 aliphatic heterocycles. The first-order valence-electron chi connectivity index (χ1n) is 7.49.